The first kappa shape index (κ1) is 23.3. The number of nitrogens with zero attached hydrogens (tertiary/aromatic N) is 2. The zero-order chi connectivity index (χ0) is 24.4. The maximum absolute atomic E-state index is 13.4. The number of likely N-dealkylation sites (tertiary alicyclic amines) is 1. The third-order valence-electron chi connectivity index (χ3n) is 5.54. The lowest BCUT2D eigenvalue weighted by Gasteiger charge is -2.25. The van der Waals surface area contributed by atoms with E-state index in [1.807, 2.05) is 0 Å². The molecule has 1 amide bonds. The maximum atomic E-state index is 13.4. The Bertz CT molecular complexity index is 1280. The molecule has 1 saturated heterocycles. The molecule has 0 aliphatic carbocycles. The first-order valence-electron chi connectivity index (χ1n) is 10.2. The van der Waals surface area contributed by atoms with Crippen molar-refractivity contribution >= 4 is 29.1 Å². The molecule has 9 heteroatoms. The van der Waals surface area contributed by atoms with Gasteiger partial charge >= 0.3 is 0 Å². The summed E-state index contributed by atoms with van der Waals surface area (Å²) in [6.07, 6.45) is 3.07. The van der Waals surface area contributed by atoms with Gasteiger partial charge in [0.05, 0.1) is 36.4 Å². The zero-order valence-electron chi connectivity index (χ0n) is 18.3. The smallest absolute Gasteiger partial charge is 0.295 e. The number of carbonyl (C=O) groups excluding carboxylic acids is 2. The summed E-state index contributed by atoms with van der Waals surface area (Å²) in [5, 5.41) is 11.5. The van der Waals surface area contributed by atoms with E-state index in [1.54, 1.807) is 18.3 Å². The number of ether oxygens (including phenoxy) is 2. The maximum Gasteiger partial charge on any atom is 0.295 e. The molecule has 1 N–H and O–H groups in total. The molecule has 0 saturated carbocycles. The van der Waals surface area contributed by atoms with Gasteiger partial charge in [-0.1, -0.05) is 29.8 Å². The number of ketones is 1. The van der Waals surface area contributed by atoms with Crippen molar-refractivity contribution in [3.05, 3.63) is 94.0 Å². The van der Waals surface area contributed by atoms with Crippen LogP contribution in [0, 0.1) is 5.82 Å². The van der Waals surface area contributed by atoms with Crippen LogP contribution in [0.2, 0.25) is 5.02 Å². The highest BCUT2D eigenvalue weighted by molar-refractivity contribution is 6.46. The van der Waals surface area contributed by atoms with Gasteiger partial charge in [-0.3, -0.25) is 14.6 Å². The summed E-state index contributed by atoms with van der Waals surface area (Å²) in [6.45, 7) is 0.0156. The summed E-state index contributed by atoms with van der Waals surface area (Å²) in [5.74, 6) is -2.03. The molecule has 1 unspecified atom stereocenters. The Morgan fingerprint density at radius 1 is 1.12 bits per heavy atom. The van der Waals surface area contributed by atoms with Gasteiger partial charge in [0, 0.05) is 25.0 Å². The Balaban J connectivity index is 1.89. The quantitative estimate of drug-likeness (QED) is 0.316. The van der Waals surface area contributed by atoms with Crippen LogP contribution in [-0.4, -0.2) is 40.9 Å². The number of carbonyl (C=O) groups is 2. The van der Waals surface area contributed by atoms with Crippen LogP contribution in [0.4, 0.5) is 4.39 Å². The molecule has 7 nitrogen and oxygen atoms in total. The van der Waals surface area contributed by atoms with Crippen molar-refractivity contribution in [3.63, 3.8) is 0 Å². The van der Waals surface area contributed by atoms with Crippen LogP contribution in [0.3, 0.4) is 0 Å². The molecule has 1 aliphatic heterocycles. The minimum Gasteiger partial charge on any atom is -0.507 e. The van der Waals surface area contributed by atoms with Gasteiger partial charge in [0.1, 0.15) is 23.1 Å². The van der Waals surface area contributed by atoms with Crippen molar-refractivity contribution in [2.75, 3.05) is 14.2 Å². The van der Waals surface area contributed by atoms with E-state index < -0.39 is 29.3 Å². The molecule has 1 aliphatic rings. The van der Waals surface area contributed by atoms with Crippen LogP contribution >= 0.6 is 11.6 Å². The van der Waals surface area contributed by atoms with Crippen LogP contribution in [0.15, 0.2) is 66.5 Å². The Hall–Kier alpha value is -3.91. The molecule has 1 aromatic heterocycles. The highest BCUT2D eigenvalue weighted by Crippen LogP contribution is 2.43. The molecule has 4 rings (SSSR count). The lowest BCUT2D eigenvalue weighted by molar-refractivity contribution is -0.140. The number of hydrogen-bond acceptors (Lipinski definition) is 6. The molecule has 0 bridgehead atoms. The van der Waals surface area contributed by atoms with Gasteiger partial charge in [-0.25, -0.2) is 4.39 Å². The molecule has 34 heavy (non-hydrogen) atoms. The standard InChI is InChI=1S/C25H20ClFN2O5/c1-33-19-11-20(34-2)18(26)10-17(19)23(30)21-22(15-4-3-9-28-12-15)29(25(32)24(21)31)13-14-5-7-16(27)8-6-14/h3-12,22,30H,13H2,1-2H3/b23-21+. The summed E-state index contributed by atoms with van der Waals surface area (Å²) in [5.41, 5.74) is 1.12. The second kappa shape index (κ2) is 9.52. The highest BCUT2D eigenvalue weighted by Gasteiger charge is 2.46. The van der Waals surface area contributed by atoms with Crippen LogP contribution < -0.4 is 9.47 Å². The van der Waals surface area contributed by atoms with Crippen molar-refractivity contribution in [3.8, 4) is 11.5 Å². The van der Waals surface area contributed by atoms with E-state index in [0.29, 0.717) is 16.9 Å². The lowest BCUT2D eigenvalue weighted by Crippen LogP contribution is -2.29. The molecule has 174 valence electrons. The number of pyridine rings is 1. The zero-order valence-corrected chi connectivity index (χ0v) is 19.0. The van der Waals surface area contributed by atoms with E-state index in [9.17, 15) is 19.1 Å². The summed E-state index contributed by atoms with van der Waals surface area (Å²) < 4.78 is 23.9. The van der Waals surface area contributed by atoms with Gasteiger partial charge in [0.25, 0.3) is 11.7 Å². The van der Waals surface area contributed by atoms with Gasteiger partial charge in [0.15, 0.2) is 0 Å². The Kier molecular flexibility index (Phi) is 6.51. The molecular formula is C25H20ClFN2O5. The number of aliphatic hydroxyl groups is 1. The molecule has 1 atom stereocenters. The first-order valence-corrected chi connectivity index (χ1v) is 10.6. The number of Topliss-reactive ketones (excluding diaryl/α,β-unsaturated/α-hetero) is 1. The van der Waals surface area contributed by atoms with Gasteiger partial charge in [-0.05, 0) is 35.4 Å². The number of aromatic nitrogens is 1. The van der Waals surface area contributed by atoms with Crippen LogP contribution in [0.1, 0.15) is 22.7 Å². The minimum absolute atomic E-state index is 0.0156. The Morgan fingerprint density at radius 2 is 1.82 bits per heavy atom. The average Bonchev–Trinajstić information content (AvgIpc) is 3.10. The topological polar surface area (TPSA) is 89.0 Å². The fraction of sp³-hybridized carbons (Fsp3) is 0.160. The number of halogens is 2. The van der Waals surface area contributed by atoms with Crippen molar-refractivity contribution in [1.82, 2.24) is 9.88 Å². The minimum atomic E-state index is -0.940. The number of aliphatic hydroxyl groups excluding tert-OH is 1. The number of amides is 1. The number of methoxy groups -OCH3 is 2. The van der Waals surface area contributed by atoms with E-state index in [0.717, 1.165) is 0 Å². The van der Waals surface area contributed by atoms with Crippen molar-refractivity contribution in [2.24, 2.45) is 0 Å². The highest BCUT2D eigenvalue weighted by atomic mass is 35.5. The Labute approximate surface area is 200 Å². The summed E-state index contributed by atoms with van der Waals surface area (Å²) in [6, 6.07) is 10.9. The van der Waals surface area contributed by atoms with Crippen molar-refractivity contribution < 1.29 is 28.6 Å². The number of benzene rings is 2. The number of rotatable bonds is 6. The molecule has 1 fully saturated rings. The van der Waals surface area contributed by atoms with Crippen molar-refractivity contribution in [1.29, 1.82) is 0 Å². The molecule has 0 radical (unpaired) electrons. The predicted molar refractivity (Wildman–Crippen MR) is 123 cm³/mol. The van der Waals surface area contributed by atoms with Crippen LogP contribution in [0.5, 0.6) is 11.5 Å². The van der Waals surface area contributed by atoms with E-state index in [1.165, 1.54) is 61.7 Å². The van der Waals surface area contributed by atoms with Crippen molar-refractivity contribution in [2.45, 2.75) is 12.6 Å². The molecule has 3 aromatic rings. The predicted octanol–water partition coefficient (Wildman–Crippen LogP) is 4.51. The lowest BCUT2D eigenvalue weighted by atomic mass is 9.95. The van der Waals surface area contributed by atoms with Crippen LogP contribution in [-0.2, 0) is 16.1 Å². The number of hydrogen-bond donors (Lipinski definition) is 1. The average molecular weight is 483 g/mol. The third-order valence-corrected chi connectivity index (χ3v) is 5.83. The molecule has 2 heterocycles. The van der Waals surface area contributed by atoms with E-state index in [2.05, 4.69) is 4.98 Å². The third kappa shape index (κ3) is 4.20. The largest absolute Gasteiger partial charge is 0.507 e. The summed E-state index contributed by atoms with van der Waals surface area (Å²) >= 11 is 6.26. The van der Waals surface area contributed by atoms with Gasteiger partial charge in [-0.2, -0.15) is 0 Å². The molecular weight excluding hydrogens is 463 g/mol. The molecule has 0 spiro atoms. The summed E-state index contributed by atoms with van der Waals surface area (Å²) in [7, 11) is 2.83. The van der Waals surface area contributed by atoms with Gasteiger partial charge in [0.2, 0.25) is 0 Å². The molecule has 2 aromatic carbocycles. The van der Waals surface area contributed by atoms with E-state index in [4.69, 9.17) is 21.1 Å². The normalized spacial score (nSPS) is 17.2. The fourth-order valence-electron chi connectivity index (χ4n) is 3.90. The Morgan fingerprint density at radius 3 is 2.44 bits per heavy atom. The van der Waals surface area contributed by atoms with Crippen LogP contribution in [0.25, 0.3) is 5.76 Å². The van der Waals surface area contributed by atoms with Gasteiger partial charge < -0.3 is 19.5 Å². The monoisotopic (exact) mass is 482 g/mol. The van der Waals surface area contributed by atoms with Gasteiger partial charge in [-0.15, -0.1) is 0 Å². The van der Waals surface area contributed by atoms with E-state index in [-0.39, 0.29) is 28.5 Å². The van der Waals surface area contributed by atoms with E-state index >= 15 is 0 Å². The second-order valence-electron chi connectivity index (χ2n) is 7.53. The summed E-state index contributed by atoms with van der Waals surface area (Å²) in [4.78, 5) is 31.7. The second-order valence-corrected chi connectivity index (χ2v) is 7.93. The SMILES string of the molecule is COc1cc(OC)c(/C(O)=C2\C(=O)C(=O)N(Cc3ccc(F)cc3)C2c2cccnc2)cc1Cl. The fourth-order valence-corrected chi connectivity index (χ4v) is 4.14. The first-order chi connectivity index (χ1) is 16.3.